The molecule has 0 aliphatic carbocycles. The maximum Gasteiger partial charge on any atom is 0.256 e. The number of hydrogen-bond donors (Lipinski definition) is 1. The number of likely N-dealkylation sites (tertiary alicyclic amines) is 1. The van der Waals surface area contributed by atoms with Gasteiger partial charge in [0.15, 0.2) is 0 Å². The predicted molar refractivity (Wildman–Crippen MR) is 135 cm³/mol. The zero-order valence-electron chi connectivity index (χ0n) is 18.9. The molecule has 35 heavy (non-hydrogen) atoms. The third kappa shape index (κ3) is 4.52. The second-order valence-electron chi connectivity index (χ2n) is 8.34. The van der Waals surface area contributed by atoms with E-state index in [0.29, 0.717) is 29.5 Å². The summed E-state index contributed by atoms with van der Waals surface area (Å²) < 4.78 is 1.92. The van der Waals surface area contributed by atoms with Crippen LogP contribution in [0.5, 0.6) is 0 Å². The molecule has 0 unspecified atom stereocenters. The summed E-state index contributed by atoms with van der Waals surface area (Å²) in [6, 6.07) is 12.5. The number of carbonyl (C=O) groups excluding carboxylic acids is 2. The average Bonchev–Trinajstić information content (AvgIpc) is 3.30. The fraction of sp³-hybridized carbons (Fsp3) is 0.192. The average molecular weight is 487 g/mol. The monoisotopic (exact) mass is 486 g/mol. The van der Waals surface area contributed by atoms with E-state index in [9.17, 15) is 9.59 Å². The Morgan fingerprint density at radius 2 is 1.97 bits per heavy atom. The molecule has 1 N–H and O–H groups in total. The minimum absolute atomic E-state index is 0.0211. The molecule has 1 aliphatic rings. The molecule has 1 aromatic carbocycles. The lowest BCUT2D eigenvalue weighted by Gasteiger charge is -2.32. The molecule has 2 amide bonds. The SMILES string of the molecule is C=CC(=O)N1CCC[C@@H](n2nc(-c3ccc(C(=O)Nc4ccccn4)cc3)c3cncc(Cl)c32)C1. The van der Waals surface area contributed by atoms with Crippen LogP contribution in [0.3, 0.4) is 0 Å². The van der Waals surface area contributed by atoms with Gasteiger partial charge in [0.2, 0.25) is 5.91 Å². The molecule has 176 valence electrons. The summed E-state index contributed by atoms with van der Waals surface area (Å²) in [4.78, 5) is 35.0. The van der Waals surface area contributed by atoms with Crippen molar-refractivity contribution in [3.8, 4) is 11.3 Å². The first-order valence-corrected chi connectivity index (χ1v) is 11.7. The number of fused-ring (bicyclic) bond motifs is 1. The van der Waals surface area contributed by atoms with Crippen LogP contribution in [0.15, 0.2) is 73.7 Å². The van der Waals surface area contributed by atoms with Gasteiger partial charge >= 0.3 is 0 Å². The Labute approximate surface area is 207 Å². The van der Waals surface area contributed by atoms with Crippen LogP contribution < -0.4 is 5.32 Å². The fourth-order valence-electron chi connectivity index (χ4n) is 4.41. The van der Waals surface area contributed by atoms with Crippen LogP contribution in [0.2, 0.25) is 5.02 Å². The molecule has 0 saturated carbocycles. The lowest BCUT2D eigenvalue weighted by atomic mass is 10.1. The van der Waals surface area contributed by atoms with Crippen LogP contribution >= 0.6 is 11.6 Å². The van der Waals surface area contributed by atoms with Crippen LogP contribution in [0, 0.1) is 0 Å². The third-order valence-electron chi connectivity index (χ3n) is 6.12. The second kappa shape index (κ2) is 9.68. The normalized spacial score (nSPS) is 15.7. The molecule has 0 bridgehead atoms. The van der Waals surface area contributed by atoms with Gasteiger partial charge in [-0.2, -0.15) is 5.10 Å². The number of nitrogens with zero attached hydrogens (tertiary/aromatic N) is 5. The Kier molecular flexibility index (Phi) is 6.29. The number of piperidine rings is 1. The molecular weight excluding hydrogens is 464 g/mol. The maximum atomic E-state index is 12.6. The molecular formula is C26H23ClN6O2. The Balaban J connectivity index is 1.47. The standard InChI is InChI=1S/C26H23ClN6O2/c1-2-23(34)32-13-5-6-19(16-32)33-25-20(14-28-15-21(25)27)24(31-33)17-8-10-18(11-9-17)26(35)30-22-7-3-4-12-29-22/h2-4,7-12,14-15,19H,1,5-6,13,16H2,(H,29,30,35)/t19-/m1/s1. The number of aromatic nitrogens is 4. The van der Waals surface area contributed by atoms with E-state index in [0.717, 1.165) is 35.0 Å². The van der Waals surface area contributed by atoms with Gasteiger partial charge in [0, 0.05) is 48.2 Å². The van der Waals surface area contributed by atoms with Crippen LogP contribution in [0.25, 0.3) is 22.2 Å². The van der Waals surface area contributed by atoms with Crippen molar-refractivity contribution in [3.63, 3.8) is 0 Å². The molecule has 1 aliphatic heterocycles. The van der Waals surface area contributed by atoms with Crippen LogP contribution in [-0.4, -0.2) is 49.6 Å². The van der Waals surface area contributed by atoms with Gasteiger partial charge < -0.3 is 10.2 Å². The zero-order chi connectivity index (χ0) is 24.4. The largest absolute Gasteiger partial charge is 0.337 e. The number of amides is 2. The van der Waals surface area contributed by atoms with Crippen LogP contribution in [-0.2, 0) is 4.79 Å². The summed E-state index contributed by atoms with van der Waals surface area (Å²) in [6.07, 6.45) is 8.06. The molecule has 0 spiro atoms. The number of halogens is 1. The van der Waals surface area contributed by atoms with E-state index < -0.39 is 0 Å². The number of carbonyl (C=O) groups is 2. The van der Waals surface area contributed by atoms with E-state index in [1.165, 1.54) is 6.08 Å². The fourth-order valence-corrected chi connectivity index (χ4v) is 4.66. The summed E-state index contributed by atoms with van der Waals surface area (Å²) in [6.45, 7) is 4.84. The quantitative estimate of drug-likeness (QED) is 0.411. The molecule has 4 heterocycles. The highest BCUT2D eigenvalue weighted by Crippen LogP contribution is 2.35. The van der Waals surface area contributed by atoms with Crippen molar-refractivity contribution in [3.05, 3.63) is 84.3 Å². The van der Waals surface area contributed by atoms with E-state index >= 15 is 0 Å². The van der Waals surface area contributed by atoms with Gasteiger partial charge in [0.25, 0.3) is 5.91 Å². The molecule has 5 rings (SSSR count). The predicted octanol–water partition coefficient (Wildman–Crippen LogP) is 4.75. The minimum atomic E-state index is -0.246. The van der Waals surface area contributed by atoms with E-state index in [1.807, 2.05) is 22.9 Å². The Bertz CT molecular complexity index is 1400. The second-order valence-corrected chi connectivity index (χ2v) is 8.75. The van der Waals surface area contributed by atoms with Crippen molar-refractivity contribution < 1.29 is 9.59 Å². The first-order chi connectivity index (χ1) is 17.0. The highest BCUT2D eigenvalue weighted by Gasteiger charge is 2.27. The van der Waals surface area contributed by atoms with E-state index in [2.05, 4.69) is 21.9 Å². The van der Waals surface area contributed by atoms with Gasteiger partial charge in [-0.05, 0) is 43.2 Å². The Hall–Kier alpha value is -4.04. The lowest BCUT2D eigenvalue weighted by Crippen LogP contribution is -2.40. The summed E-state index contributed by atoms with van der Waals surface area (Å²) in [5.41, 5.74) is 2.84. The number of benzene rings is 1. The summed E-state index contributed by atoms with van der Waals surface area (Å²) in [7, 11) is 0. The van der Waals surface area contributed by atoms with E-state index in [1.54, 1.807) is 47.8 Å². The molecule has 8 nitrogen and oxygen atoms in total. The van der Waals surface area contributed by atoms with Gasteiger partial charge in [-0.15, -0.1) is 0 Å². The van der Waals surface area contributed by atoms with Crippen LogP contribution in [0.1, 0.15) is 29.2 Å². The van der Waals surface area contributed by atoms with Gasteiger partial charge in [-0.1, -0.05) is 36.4 Å². The van der Waals surface area contributed by atoms with E-state index in [-0.39, 0.29) is 17.9 Å². The Morgan fingerprint density at radius 1 is 1.14 bits per heavy atom. The molecule has 0 radical (unpaired) electrons. The number of nitrogens with one attached hydrogen (secondary N) is 1. The van der Waals surface area contributed by atoms with Crippen LogP contribution in [0.4, 0.5) is 5.82 Å². The highest BCUT2D eigenvalue weighted by molar-refractivity contribution is 6.35. The smallest absolute Gasteiger partial charge is 0.256 e. The summed E-state index contributed by atoms with van der Waals surface area (Å²) in [5.74, 6) is 0.159. The summed E-state index contributed by atoms with van der Waals surface area (Å²) >= 11 is 6.57. The molecule has 4 aromatic rings. The third-order valence-corrected chi connectivity index (χ3v) is 6.40. The topological polar surface area (TPSA) is 93.0 Å². The molecule has 9 heteroatoms. The van der Waals surface area contributed by atoms with Crippen molar-refractivity contribution in [1.82, 2.24) is 24.6 Å². The van der Waals surface area contributed by atoms with Crippen molar-refractivity contribution in [1.29, 1.82) is 0 Å². The Morgan fingerprint density at radius 3 is 2.71 bits per heavy atom. The van der Waals surface area contributed by atoms with Gasteiger partial charge in [0.1, 0.15) is 11.5 Å². The molecule has 1 fully saturated rings. The first kappa shape index (κ1) is 22.7. The molecule has 1 atom stereocenters. The minimum Gasteiger partial charge on any atom is -0.337 e. The number of hydrogen-bond acceptors (Lipinski definition) is 5. The van der Waals surface area contributed by atoms with Gasteiger partial charge in [0.05, 0.1) is 16.6 Å². The number of anilines is 1. The van der Waals surface area contributed by atoms with Crippen molar-refractivity contribution in [2.75, 3.05) is 18.4 Å². The first-order valence-electron chi connectivity index (χ1n) is 11.3. The van der Waals surface area contributed by atoms with E-state index in [4.69, 9.17) is 16.7 Å². The van der Waals surface area contributed by atoms with Crippen molar-refractivity contribution >= 4 is 40.1 Å². The van der Waals surface area contributed by atoms with Gasteiger partial charge in [-0.3, -0.25) is 19.3 Å². The lowest BCUT2D eigenvalue weighted by molar-refractivity contribution is -0.127. The molecule has 3 aromatic heterocycles. The number of rotatable bonds is 5. The van der Waals surface area contributed by atoms with Crippen molar-refractivity contribution in [2.24, 2.45) is 0 Å². The summed E-state index contributed by atoms with van der Waals surface area (Å²) in [5, 5.41) is 9.02. The maximum absolute atomic E-state index is 12.6. The highest BCUT2D eigenvalue weighted by atomic mass is 35.5. The van der Waals surface area contributed by atoms with Crippen molar-refractivity contribution in [2.45, 2.75) is 18.9 Å². The van der Waals surface area contributed by atoms with Gasteiger partial charge in [-0.25, -0.2) is 4.98 Å². The number of pyridine rings is 2. The zero-order valence-corrected chi connectivity index (χ0v) is 19.7. The molecule has 1 saturated heterocycles.